The molecule has 8 nitrogen and oxygen atoms in total. The fourth-order valence-electron chi connectivity index (χ4n) is 4.64. The summed E-state index contributed by atoms with van der Waals surface area (Å²) in [6, 6.07) is -0.403. The Morgan fingerprint density at radius 3 is 2.34 bits per heavy atom. The van der Waals surface area contributed by atoms with Crippen LogP contribution in [-0.2, 0) is 19.4 Å². The molecule has 3 rings (SSSR count). The van der Waals surface area contributed by atoms with Crippen LogP contribution in [-0.4, -0.2) is 92.9 Å². The third-order valence-electron chi connectivity index (χ3n) is 6.59. The molecule has 3 aliphatic rings. The molecule has 166 valence electrons. The van der Waals surface area contributed by atoms with Crippen LogP contribution in [0.15, 0.2) is 0 Å². The number of piperazine rings is 1. The molecule has 0 aromatic carbocycles. The Bertz CT molecular complexity index is 670. The van der Waals surface area contributed by atoms with Crippen LogP contribution in [0.1, 0.15) is 45.4 Å². The first-order valence-electron chi connectivity index (χ1n) is 11.1. The lowest BCUT2D eigenvalue weighted by molar-refractivity contribution is -0.128. The number of hydrogen-bond acceptors (Lipinski definition) is 6. The van der Waals surface area contributed by atoms with Crippen LogP contribution in [0.3, 0.4) is 0 Å². The van der Waals surface area contributed by atoms with Crippen molar-refractivity contribution in [2.45, 2.75) is 57.5 Å². The smallest absolute Gasteiger partial charge is 0.237 e. The van der Waals surface area contributed by atoms with Crippen molar-refractivity contribution in [1.29, 1.82) is 0 Å². The molecule has 1 aliphatic carbocycles. The van der Waals surface area contributed by atoms with Crippen molar-refractivity contribution < 1.29 is 18.0 Å². The Hall–Kier alpha value is -1.19. The average Bonchev–Trinajstić information content (AvgIpc) is 3.05. The van der Waals surface area contributed by atoms with E-state index in [-0.39, 0.29) is 41.9 Å². The van der Waals surface area contributed by atoms with E-state index in [0.717, 1.165) is 32.7 Å². The van der Waals surface area contributed by atoms with Crippen LogP contribution < -0.4 is 10.6 Å². The lowest BCUT2D eigenvalue weighted by atomic mass is 9.89. The van der Waals surface area contributed by atoms with Crippen molar-refractivity contribution in [3.8, 4) is 0 Å². The molecular formula is C20H36N4O4S. The summed E-state index contributed by atoms with van der Waals surface area (Å²) in [5, 5.41) is 5.98. The van der Waals surface area contributed by atoms with E-state index < -0.39 is 9.84 Å². The molecule has 1 saturated carbocycles. The zero-order valence-electron chi connectivity index (χ0n) is 17.6. The van der Waals surface area contributed by atoms with Crippen molar-refractivity contribution in [3.05, 3.63) is 0 Å². The number of carbonyl (C=O) groups excluding carboxylic acids is 2. The maximum absolute atomic E-state index is 12.5. The molecule has 2 N–H and O–H groups in total. The molecule has 9 heteroatoms. The van der Waals surface area contributed by atoms with Gasteiger partial charge in [-0.3, -0.25) is 19.4 Å². The normalized spacial score (nSPS) is 27.4. The minimum absolute atomic E-state index is 0.0556. The van der Waals surface area contributed by atoms with Crippen molar-refractivity contribution in [2.75, 3.05) is 50.8 Å². The standard InChI is InChI=1S/C20H36N4O4S/c1-16(20(26)21-13-17-5-3-2-4-6-17)24-10-8-23(9-11-24)14-19(25)22-18-7-12-29(27,28)15-18/h16-18H,2-15H2,1H3,(H,21,26)(H,22,25). The number of rotatable bonds is 7. The Morgan fingerprint density at radius 2 is 1.72 bits per heavy atom. The minimum Gasteiger partial charge on any atom is -0.354 e. The summed E-state index contributed by atoms with van der Waals surface area (Å²) in [5.74, 6) is 0.838. The molecular weight excluding hydrogens is 392 g/mol. The van der Waals surface area contributed by atoms with E-state index in [4.69, 9.17) is 0 Å². The fourth-order valence-corrected chi connectivity index (χ4v) is 6.32. The van der Waals surface area contributed by atoms with E-state index >= 15 is 0 Å². The van der Waals surface area contributed by atoms with Crippen LogP contribution in [0.4, 0.5) is 0 Å². The molecule has 0 spiro atoms. The zero-order valence-corrected chi connectivity index (χ0v) is 18.4. The second-order valence-electron chi connectivity index (χ2n) is 8.90. The number of nitrogens with zero attached hydrogens (tertiary/aromatic N) is 2. The second kappa shape index (κ2) is 10.2. The predicted octanol–water partition coefficient (Wildman–Crippen LogP) is -0.00770. The Morgan fingerprint density at radius 1 is 1.03 bits per heavy atom. The summed E-state index contributed by atoms with van der Waals surface area (Å²) in [6.45, 7) is 6.01. The van der Waals surface area contributed by atoms with E-state index in [0.29, 0.717) is 12.3 Å². The van der Waals surface area contributed by atoms with Crippen LogP contribution in [0.25, 0.3) is 0 Å². The molecule has 2 saturated heterocycles. The zero-order chi connectivity index (χ0) is 20.9. The van der Waals surface area contributed by atoms with Gasteiger partial charge in [-0.05, 0) is 32.1 Å². The molecule has 2 atom stereocenters. The van der Waals surface area contributed by atoms with E-state index in [1.807, 2.05) is 6.92 Å². The molecule has 0 radical (unpaired) electrons. The Kier molecular flexibility index (Phi) is 7.92. The molecule has 3 fully saturated rings. The first-order valence-corrected chi connectivity index (χ1v) is 12.9. The van der Waals surface area contributed by atoms with Gasteiger partial charge in [0.15, 0.2) is 9.84 Å². The summed E-state index contributed by atoms with van der Waals surface area (Å²) < 4.78 is 23.0. The van der Waals surface area contributed by atoms with E-state index in [1.165, 1.54) is 32.1 Å². The van der Waals surface area contributed by atoms with Gasteiger partial charge in [-0.15, -0.1) is 0 Å². The Labute approximate surface area is 174 Å². The lowest BCUT2D eigenvalue weighted by Crippen LogP contribution is -2.55. The first-order chi connectivity index (χ1) is 13.8. The summed E-state index contributed by atoms with van der Waals surface area (Å²) in [6.07, 6.45) is 6.84. The highest BCUT2D eigenvalue weighted by Gasteiger charge is 2.30. The number of carbonyl (C=O) groups is 2. The first kappa shape index (κ1) is 22.5. The highest BCUT2D eigenvalue weighted by Crippen LogP contribution is 2.22. The highest BCUT2D eigenvalue weighted by molar-refractivity contribution is 7.91. The number of hydrogen-bond donors (Lipinski definition) is 2. The van der Waals surface area contributed by atoms with E-state index in [2.05, 4.69) is 20.4 Å². The van der Waals surface area contributed by atoms with Gasteiger partial charge >= 0.3 is 0 Å². The van der Waals surface area contributed by atoms with Crippen molar-refractivity contribution in [2.24, 2.45) is 5.92 Å². The third kappa shape index (κ3) is 6.93. The summed E-state index contributed by atoms with van der Waals surface area (Å²) in [4.78, 5) is 29.0. The fraction of sp³-hybridized carbons (Fsp3) is 0.900. The van der Waals surface area contributed by atoms with Gasteiger partial charge in [-0.25, -0.2) is 8.42 Å². The summed E-state index contributed by atoms with van der Waals surface area (Å²) in [5.41, 5.74) is 0. The topological polar surface area (TPSA) is 98.8 Å². The van der Waals surface area contributed by atoms with Crippen LogP contribution in [0, 0.1) is 5.92 Å². The van der Waals surface area contributed by atoms with Gasteiger partial charge in [0.25, 0.3) is 0 Å². The second-order valence-corrected chi connectivity index (χ2v) is 11.1. The van der Waals surface area contributed by atoms with Crippen LogP contribution in [0.2, 0.25) is 0 Å². The molecule has 2 heterocycles. The molecule has 0 bridgehead atoms. The van der Waals surface area contributed by atoms with E-state index in [9.17, 15) is 18.0 Å². The van der Waals surface area contributed by atoms with Gasteiger partial charge in [0.05, 0.1) is 24.1 Å². The van der Waals surface area contributed by atoms with Crippen molar-refractivity contribution in [1.82, 2.24) is 20.4 Å². The predicted molar refractivity (Wildman–Crippen MR) is 112 cm³/mol. The van der Waals surface area contributed by atoms with Gasteiger partial charge in [0.2, 0.25) is 11.8 Å². The van der Waals surface area contributed by atoms with Gasteiger partial charge in [-0.2, -0.15) is 0 Å². The van der Waals surface area contributed by atoms with E-state index in [1.54, 1.807) is 0 Å². The molecule has 0 aromatic heterocycles. The number of amides is 2. The summed E-state index contributed by atoms with van der Waals surface area (Å²) in [7, 11) is -2.98. The van der Waals surface area contributed by atoms with Crippen LogP contribution >= 0.6 is 0 Å². The molecule has 2 amide bonds. The van der Waals surface area contributed by atoms with Gasteiger partial charge in [-0.1, -0.05) is 19.3 Å². The van der Waals surface area contributed by atoms with Crippen LogP contribution in [0.5, 0.6) is 0 Å². The summed E-state index contributed by atoms with van der Waals surface area (Å²) >= 11 is 0. The maximum Gasteiger partial charge on any atom is 0.237 e. The molecule has 2 unspecified atom stereocenters. The Balaban J connectivity index is 1.33. The highest BCUT2D eigenvalue weighted by atomic mass is 32.2. The minimum atomic E-state index is -2.98. The molecule has 2 aliphatic heterocycles. The largest absolute Gasteiger partial charge is 0.354 e. The lowest BCUT2D eigenvalue weighted by Gasteiger charge is -2.37. The number of nitrogens with one attached hydrogen (secondary N) is 2. The van der Waals surface area contributed by atoms with Crippen molar-refractivity contribution >= 4 is 21.7 Å². The molecule has 0 aromatic rings. The SMILES string of the molecule is CC(C(=O)NCC1CCCCC1)N1CCN(CC(=O)NC2CCS(=O)(=O)C2)CC1. The van der Waals surface area contributed by atoms with Gasteiger partial charge in [0, 0.05) is 38.8 Å². The molecule has 29 heavy (non-hydrogen) atoms. The van der Waals surface area contributed by atoms with Gasteiger partial charge < -0.3 is 10.6 Å². The van der Waals surface area contributed by atoms with Gasteiger partial charge in [0.1, 0.15) is 0 Å². The average molecular weight is 429 g/mol. The third-order valence-corrected chi connectivity index (χ3v) is 8.36. The number of sulfone groups is 1. The van der Waals surface area contributed by atoms with Crippen molar-refractivity contribution in [3.63, 3.8) is 0 Å². The maximum atomic E-state index is 12.5. The quantitative estimate of drug-likeness (QED) is 0.592. The monoisotopic (exact) mass is 428 g/mol.